The van der Waals surface area contributed by atoms with Crippen LogP contribution in [0.25, 0.3) is 0 Å². The third-order valence-electron chi connectivity index (χ3n) is 1.27. The maximum Gasteiger partial charge on any atom is 0.236 e. The van der Waals surface area contributed by atoms with Gasteiger partial charge in [0.15, 0.2) is 5.82 Å². The molecule has 0 aliphatic rings. The van der Waals surface area contributed by atoms with Gasteiger partial charge in [0, 0.05) is 0 Å². The molecule has 0 bridgehead atoms. The molecule has 6 nitrogen and oxygen atoms in total. The number of hydrogen-bond acceptors (Lipinski definition) is 5. The summed E-state index contributed by atoms with van der Waals surface area (Å²) in [5.41, 5.74) is 5.23. The minimum absolute atomic E-state index is 0.0621. The van der Waals surface area contributed by atoms with E-state index in [0.717, 1.165) is 0 Å². The summed E-state index contributed by atoms with van der Waals surface area (Å²) in [5, 5.41) is 18.4. The summed E-state index contributed by atoms with van der Waals surface area (Å²) >= 11 is 0. The lowest BCUT2D eigenvalue weighted by atomic mass is 10.3. The highest BCUT2D eigenvalue weighted by atomic mass is 16.1. The van der Waals surface area contributed by atoms with Crippen molar-refractivity contribution in [3.8, 4) is 6.07 Å². The molecule has 0 unspecified atom stereocenters. The van der Waals surface area contributed by atoms with Gasteiger partial charge >= 0.3 is 0 Å². The molecule has 1 aromatic rings. The van der Waals surface area contributed by atoms with Crippen molar-refractivity contribution in [3.05, 3.63) is 17.8 Å². The van der Waals surface area contributed by atoms with E-state index in [4.69, 9.17) is 11.0 Å². The summed E-state index contributed by atoms with van der Waals surface area (Å²) < 4.78 is 0. The number of nitrogens with zero attached hydrogens (tertiary/aromatic N) is 3. The van der Waals surface area contributed by atoms with Gasteiger partial charge in [0.2, 0.25) is 5.91 Å². The molecule has 0 saturated heterocycles. The Labute approximate surface area is 74.4 Å². The molecule has 66 valence electrons. The lowest BCUT2D eigenvalue weighted by Gasteiger charge is -2.01. The second kappa shape index (κ2) is 4.01. The van der Waals surface area contributed by atoms with Crippen molar-refractivity contribution in [1.82, 2.24) is 10.2 Å². The van der Waals surface area contributed by atoms with Crippen molar-refractivity contribution in [3.63, 3.8) is 0 Å². The molecule has 0 atom stereocenters. The van der Waals surface area contributed by atoms with E-state index in [9.17, 15) is 4.79 Å². The van der Waals surface area contributed by atoms with E-state index in [1.54, 1.807) is 0 Å². The number of primary amides is 1. The lowest BCUT2D eigenvalue weighted by Crippen LogP contribution is -2.22. The van der Waals surface area contributed by atoms with E-state index >= 15 is 0 Å². The van der Waals surface area contributed by atoms with E-state index < -0.39 is 5.91 Å². The largest absolute Gasteiger partial charge is 0.368 e. The first-order chi connectivity index (χ1) is 6.24. The Morgan fingerprint density at radius 3 is 3.15 bits per heavy atom. The van der Waals surface area contributed by atoms with E-state index in [2.05, 4.69) is 15.5 Å². The molecular formula is C7H7N5O. The Balaban J connectivity index is 2.77. The van der Waals surface area contributed by atoms with Crippen molar-refractivity contribution in [2.75, 3.05) is 11.9 Å². The van der Waals surface area contributed by atoms with Crippen LogP contribution in [-0.4, -0.2) is 22.6 Å². The average Bonchev–Trinajstić information content (AvgIpc) is 2.15. The van der Waals surface area contributed by atoms with Crippen molar-refractivity contribution in [2.45, 2.75) is 0 Å². The van der Waals surface area contributed by atoms with Crippen LogP contribution in [0.2, 0.25) is 0 Å². The van der Waals surface area contributed by atoms with E-state index in [0.29, 0.717) is 5.56 Å². The summed E-state index contributed by atoms with van der Waals surface area (Å²) in [5.74, 6) is -0.252. The molecule has 0 radical (unpaired) electrons. The Morgan fingerprint density at radius 2 is 2.54 bits per heavy atom. The Hall–Kier alpha value is -2.16. The van der Waals surface area contributed by atoms with Gasteiger partial charge in [-0.1, -0.05) is 0 Å². The fourth-order valence-electron chi connectivity index (χ4n) is 0.723. The first-order valence-electron chi connectivity index (χ1n) is 3.48. The zero-order chi connectivity index (χ0) is 9.68. The fourth-order valence-corrected chi connectivity index (χ4v) is 0.723. The third-order valence-corrected chi connectivity index (χ3v) is 1.27. The molecule has 0 aromatic carbocycles. The lowest BCUT2D eigenvalue weighted by molar-refractivity contribution is -0.116. The molecule has 0 saturated carbocycles. The smallest absolute Gasteiger partial charge is 0.236 e. The molecular weight excluding hydrogens is 170 g/mol. The van der Waals surface area contributed by atoms with Gasteiger partial charge in [0.25, 0.3) is 0 Å². The summed E-state index contributed by atoms with van der Waals surface area (Å²) in [4.78, 5) is 10.4. The topological polar surface area (TPSA) is 105 Å². The number of nitrogens with one attached hydrogen (secondary N) is 1. The van der Waals surface area contributed by atoms with Gasteiger partial charge in [-0.15, -0.1) is 5.10 Å². The molecule has 1 rings (SSSR count). The number of hydrogen-bond donors (Lipinski definition) is 2. The van der Waals surface area contributed by atoms with Crippen LogP contribution in [0.15, 0.2) is 12.3 Å². The van der Waals surface area contributed by atoms with Crippen molar-refractivity contribution in [2.24, 2.45) is 5.73 Å². The molecule has 13 heavy (non-hydrogen) atoms. The minimum Gasteiger partial charge on any atom is -0.368 e. The quantitative estimate of drug-likeness (QED) is 0.631. The monoisotopic (exact) mass is 177 g/mol. The van der Waals surface area contributed by atoms with Gasteiger partial charge in [-0.05, 0) is 6.07 Å². The highest BCUT2D eigenvalue weighted by Crippen LogP contribution is 2.06. The number of nitriles is 1. The normalized spacial score (nSPS) is 8.85. The highest BCUT2D eigenvalue weighted by molar-refractivity contribution is 5.78. The third kappa shape index (κ3) is 2.41. The number of rotatable bonds is 3. The predicted octanol–water partition coefficient (Wildman–Crippen LogP) is -0.755. The summed E-state index contributed by atoms with van der Waals surface area (Å²) in [7, 11) is 0. The maximum atomic E-state index is 10.4. The van der Waals surface area contributed by atoms with Gasteiger partial charge in [-0.25, -0.2) is 0 Å². The van der Waals surface area contributed by atoms with Crippen LogP contribution in [-0.2, 0) is 4.79 Å². The number of aromatic nitrogens is 2. The SMILES string of the molecule is N#Cc1ccnnc1NCC(N)=O. The fraction of sp³-hybridized carbons (Fsp3) is 0.143. The summed E-state index contributed by atoms with van der Waals surface area (Å²) in [6.07, 6.45) is 1.40. The number of anilines is 1. The second-order valence-electron chi connectivity index (χ2n) is 2.23. The van der Waals surface area contributed by atoms with Crippen LogP contribution in [0, 0.1) is 11.3 Å². The van der Waals surface area contributed by atoms with E-state index in [1.807, 2.05) is 6.07 Å². The van der Waals surface area contributed by atoms with Gasteiger partial charge in [0.05, 0.1) is 18.3 Å². The van der Waals surface area contributed by atoms with Crippen molar-refractivity contribution >= 4 is 11.7 Å². The van der Waals surface area contributed by atoms with Crippen LogP contribution in [0.1, 0.15) is 5.56 Å². The van der Waals surface area contributed by atoms with Gasteiger partial charge in [0.1, 0.15) is 6.07 Å². The standard InChI is InChI=1S/C7H7N5O/c8-3-5-1-2-11-12-7(5)10-4-6(9)13/h1-2H,4H2,(H2,9,13)(H,10,12). The van der Waals surface area contributed by atoms with Crippen LogP contribution in [0.4, 0.5) is 5.82 Å². The molecule has 0 aliphatic carbocycles. The van der Waals surface area contributed by atoms with Gasteiger partial charge in [-0.2, -0.15) is 10.4 Å². The van der Waals surface area contributed by atoms with Crippen LogP contribution < -0.4 is 11.1 Å². The number of carbonyl (C=O) groups is 1. The van der Waals surface area contributed by atoms with Gasteiger partial charge < -0.3 is 11.1 Å². The first-order valence-corrected chi connectivity index (χ1v) is 3.48. The van der Waals surface area contributed by atoms with Crippen molar-refractivity contribution < 1.29 is 4.79 Å². The Bertz CT molecular complexity index is 356. The molecule has 0 spiro atoms. The first kappa shape index (κ1) is 8.93. The molecule has 1 heterocycles. The zero-order valence-electron chi connectivity index (χ0n) is 6.69. The molecule has 1 amide bonds. The molecule has 1 aromatic heterocycles. The van der Waals surface area contributed by atoms with E-state index in [-0.39, 0.29) is 12.4 Å². The average molecular weight is 177 g/mol. The van der Waals surface area contributed by atoms with Crippen LogP contribution in [0.5, 0.6) is 0 Å². The maximum absolute atomic E-state index is 10.4. The van der Waals surface area contributed by atoms with Crippen LogP contribution in [0.3, 0.4) is 0 Å². The zero-order valence-corrected chi connectivity index (χ0v) is 6.69. The van der Waals surface area contributed by atoms with Crippen molar-refractivity contribution in [1.29, 1.82) is 5.26 Å². The number of amides is 1. The van der Waals surface area contributed by atoms with E-state index in [1.165, 1.54) is 12.3 Å². The second-order valence-corrected chi connectivity index (χ2v) is 2.23. The summed E-state index contributed by atoms with van der Waals surface area (Å²) in [6, 6.07) is 3.40. The predicted molar refractivity (Wildman–Crippen MR) is 44.4 cm³/mol. The molecule has 6 heteroatoms. The van der Waals surface area contributed by atoms with Gasteiger partial charge in [-0.3, -0.25) is 4.79 Å². The number of nitrogens with two attached hydrogens (primary N) is 1. The number of carbonyl (C=O) groups excluding carboxylic acids is 1. The molecule has 0 aliphatic heterocycles. The molecule has 0 fully saturated rings. The minimum atomic E-state index is -0.519. The Kier molecular flexibility index (Phi) is 2.76. The Morgan fingerprint density at radius 1 is 1.77 bits per heavy atom. The highest BCUT2D eigenvalue weighted by Gasteiger charge is 2.02. The molecule has 3 N–H and O–H groups in total. The van der Waals surface area contributed by atoms with Crippen LogP contribution >= 0.6 is 0 Å². The summed E-state index contributed by atoms with van der Waals surface area (Å²) in [6.45, 7) is -0.0621.